The van der Waals surface area contributed by atoms with Gasteiger partial charge in [-0.15, -0.1) is 0 Å². The maximum Gasteiger partial charge on any atom is 0.253 e. The molecule has 19 rings (SSSR count). The first-order valence-electron chi connectivity index (χ1n) is 24.3. The molecule has 12 aromatic rings. The smallest absolute Gasteiger partial charge is 0.253 e. The minimum absolute atomic E-state index is 0.0750. The number of nitrogens with zero attached hydrogens (tertiary/aromatic N) is 7. The zero-order chi connectivity index (χ0) is 44.1. The lowest BCUT2D eigenvalue weighted by atomic mass is 9.29. The molecule has 0 aliphatic carbocycles. The lowest BCUT2D eigenvalue weighted by Crippen LogP contribution is -2.67. The van der Waals surface area contributed by atoms with E-state index >= 15 is 0 Å². The van der Waals surface area contributed by atoms with Gasteiger partial charge in [-0.25, -0.2) is 15.0 Å². The molecule has 69 heavy (non-hydrogen) atoms. The monoisotopic (exact) mass is 873 g/mol. The van der Waals surface area contributed by atoms with Gasteiger partial charge in [0.2, 0.25) is 0 Å². The van der Waals surface area contributed by atoms with Crippen molar-refractivity contribution < 1.29 is 0 Å². The zero-order valence-electron chi connectivity index (χ0n) is 37.0. The Morgan fingerprint density at radius 2 is 0.797 bits per heavy atom. The van der Waals surface area contributed by atoms with Gasteiger partial charge in [0.05, 0.1) is 44.1 Å². The molecule has 7 aliphatic heterocycles. The molecular weight excluding hydrogens is 840 g/mol. The summed E-state index contributed by atoms with van der Waals surface area (Å²) in [5, 5.41) is 0. The quantitative estimate of drug-likeness (QED) is 0.135. The molecule has 3 aromatic heterocycles. The predicted octanol–water partition coefficient (Wildman–Crippen LogP) is 7.77. The van der Waals surface area contributed by atoms with Crippen LogP contribution in [0, 0.1) is 0 Å². The highest BCUT2D eigenvalue weighted by molar-refractivity contribution is 7.04. The highest BCUT2D eigenvalue weighted by Gasteiger charge is 2.51. The van der Waals surface area contributed by atoms with Crippen LogP contribution in [0.25, 0.3) is 101 Å². The second kappa shape index (κ2) is 11.5. The molecule has 0 fully saturated rings. The normalized spacial score (nSPS) is 14.4. The molecule has 0 spiro atoms. The van der Waals surface area contributed by atoms with E-state index in [1.807, 2.05) is 12.1 Å². The van der Waals surface area contributed by atoms with E-state index in [1.165, 1.54) is 133 Å². The summed E-state index contributed by atoms with van der Waals surface area (Å²) in [5.41, 5.74) is 35.8. The standard InChI is InChI=1S/C60H33B2N7/c1-3-11-31(12-4-1)58-63-59(32-13-5-2-6-14-32)65-60(64-58)39-25-26-43-41(30-39)61-40-17-7-8-18-42(40)66-44-19-9-15-35-28-37-23-21-33-27-34-22-24-38-29-36-16-10-20-45-51(36)69-53(38)47(34)62-46(33)52(37)68(50(35)44)56-49(62)57(69)55(67(43)45)48(61)54(56)66/h1-26,30H,27-29H2. The molecule has 0 atom stereocenters. The summed E-state index contributed by atoms with van der Waals surface area (Å²) in [6.07, 6.45) is 2.80. The third-order valence-corrected chi connectivity index (χ3v) is 17.0. The van der Waals surface area contributed by atoms with Gasteiger partial charge in [0, 0.05) is 52.3 Å². The molecule has 0 unspecified atom stereocenters. The lowest BCUT2D eigenvalue weighted by molar-refractivity contribution is 0.983. The van der Waals surface area contributed by atoms with Crippen LogP contribution in [0.3, 0.4) is 0 Å². The van der Waals surface area contributed by atoms with Gasteiger partial charge in [0.1, 0.15) is 0 Å². The summed E-state index contributed by atoms with van der Waals surface area (Å²) < 4.78 is 10.9. The van der Waals surface area contributed by atoms with Crippen molar-refractivity contribution >= 4 is 90.3 Å². The SMILES string of the molecule is c1ccc(-c2nc(-c3ccccc3)nc(-c3ccc4c(c3)B3c5ccccc5-n5c6cccc7c6n6c8c9c%10c(c3c85)n-4c3cccc4c3n%10-c3c(ccc5c3B9c3c(ccc(c3-6)C7)C5)C4)n2)cc1. The minimum Gasteiger partial charge on any atom is -0.307 e. The van der Waals surface area contributed by atoms with Gasteiger partial charge in [-0.1, -0.05) is 133 Å². The van der Waals surface area contributed by atoms with Crippen LogP contribution in [-0.4, -0.2) is 46.6 Å². The molecule has 0 saturated heterocycles. The summed E-state index contributed by atoms with van der Waals surface area (Å²) >= 11 is 0. The van der Waals surface area contributed by atoms with Crippen molar-refractivity contribution in [3.05, 3.63) is 197 Å². The first kappa shape index (κ1) is 34.6. The van der Waals surface area contributed by atoms with Crippen molar-refractivity contribution in [3.8, 4) is 56.9 Å². The van der Waals surface area contributed by atoms with Crippen LogP contribution in [-0.2, 0) is 19.3 Å². The van der Waals surface area contributed by atoms with Gasteiger partial charge >= 0.3 is 0 Å². The third-order valence-electron chi connectivity index (χ3n) is 17.0. The van der Waals surface area contributed by atoms with Crippen LogP contribution < -0.4 is 32.8 Å². The van der Waals surface area contributed by atoms with Crippen molar-refractivity contribution in [3.63, 3.8) is 0 Å². The Balaban J connectivity index is 1.03. The maximum atomic E-state index is 5.29. The molecule has 0 N–H and O–H groups in total. The third kappa shape index (κ3) is 3.84. The molecule has 9 heteroatoms. The summed E-state index contributed by atoms with van der Waals surface area (Å²) in [7, 11) is 0. The molecule has 0 amide bonds. The van der Waals surface area contributed by atoms with Crippen molar-refractivity contribution in [2.45, 2.75) is 19.3 Å². The van der Waals surface area contributed by atoms with Gasteiger partial charge < -0.3 is 18.3 Å². The first-order chi connectivity index (χ1) is 34.2. The summed E-state index contributed by atoms with van der Waals surface area (Å²) in [5.74, 6) is 1.99. The average molecular weight is 874 g/mol. The second-order valence-corrected chi connectivity index (χ2v) is 20.2. The minimum atomic E-state index is -0.0750. The van der Waals surface area contributed by atoms with Crippen molar-refractivity contribution in [2.24, 2.45) is 0 Å². The molecular formula is C60H33B2N7. The van der Waals surface area contributed by atoms with Crippen LogP contribution in [0.5, 0.6) is 0 Å². The maximum absolute atomic E-state index is 5.29. The van der Waals surface area contributed by atoms with Crippen molar-refractivity contribution in [2.75, 3.05) is 0 Å². The Hall–Kier alpha value is -8.68. The van der Waals surface area contributed by atoms with E-state index in [2.05, 4.69) is 170 Å². The van der Waals surface area contributed by atoms with Gasteiger partial charge in [-0.2, -0.15) is 0 Å². The Morgan fingerprint density at radius 3 is 1.39 bits per heavy atom. The zero-order valence-corrected chi connectivity index (χ0v) is 37.0. The van der Waals surface area contributed by atoms with Gasteiger partial charge in [-0.05, 0) is 103 Å². The fraction of sp³-hybridized carbons (Fsp3) is 0.0500. The van der Waals surface area contributed by atoms with E-state index in [4.69, 9.17) is 15.0 Å². The summed E-state index contributed by atoms with van der Waals surface area (Å²) in [6.45, 7) is 0.0601. The number of para-hydroxylation sites is 3. The van der Waals surface area contributed by atoms with Crippen LogP contribution in [0.15, 0.2) is 164 Å². The number of hydrogen-bond donors (Lipinski definition) is 0. The van der Waals surface area contributed by atoms with Crippen LogP contribution in [0.1, 0.15) is 33.4 Å². The molecule has 7 aliphatic rings. The van der Waals surface area contributed by atoms with Crippen molar-refractivity contribution in [1.29, 1.82) is 0 Å². The number of rotatable bonds is 3. The Kier molecular flexibility index (Phi) is 5.78. The Morgan fingerprint density at radius 1 is 0.319 bits per heavy atom. The van der Waals surface area contributed by atoms with Crippen LogP contribution in [0.4, 0.5) is 0 Å². The van der Waals surface area contributed by atoms with Crippen LogP contribution in [0.2, 0.25) is 0 Å². The molecule has 0 bridgehead atoms. The van der Waals surface area contributed by atoms with Crippen LogP contribution >= 0.6 is 0 Å². The van der Waals surface area contributed by atoms with Crippen molar-refractivity contribution in [1.82, 2.24) is 33.2 Å². The number of fused-ring (bicyclic) bond motifs is 8. The van der Waals surface area contributed by atoms with Gasteiger partial charge in [-0.3, -0.25) is 0 Å². The lowest BCUT2D eigenvalue weighted by Gasteiger charge is -2.47. The summed E-state index contributed by atoms with van der Waals surface area (Å²) in [4.78, 5) is 15.7. The first-order valence-corrected chi connectivity index (χ1v) is 24.3. The average Bonchev–Trinajstić information content (AvgIpc) is 3.41. The van der Waals surface area contributed by atoms with E-state index in [0.717, 1.165) is 36.0 Å². The fourth-order valence-electron chi connectivity index (χ4n) is 14.6. The van der Waals surface area contributed by atoms with E-state index in [9.17, 15) is 0 Å². The Bertz CT molecular complexity index is 4530. The fourth-order valence-corrected chi connectivity index (χ4v) is 14.6. The second-order valence-electron chi connectivity index (χ2n) is 20.2. The molecule has 9 aromatic carbocycles. The van der Waals surface area contributed by atoms with E-state index in [1.54, 1.807) is 0 Å². The highest BCUT2D eigenvalue weighted by atomic mass is 15.1. The molecule has 314 valence electrons. The number of aromatic nitrogens is 7. The van der Waals surface area contributed by atoms with E-state index < -0.39 is 0 Å². The summed E-state index contributed by atoms with van der Waals surface area (Å²) in [6, 6.07) is 60.9. The van der Waals surface area contributed by atoms with E-state index in [0.29, 0.717) is 17.5 Å². The topological polar surface area (TPSA) is 58.4 Å². The molecule has 0 saturated carbocycles. The largest absolute Gasteiger partial charge is 0.307 e. The number of benzene rings is 9. The predicted molar refractivity (Wildman–Crippen MR) is 279 cm³/mol. The van der Waals surface area contributed by atoms with Gasteiger partial charge in [0.25, 0.3) is 13.4 Å². The van der Waals surface area contributed by atoms with Gasteiger partial charge in [0.15, 0.2) is 17.5 Å². The highest BCUT2D eigenvalue weighted by Crippen LogP contribution is 2.47. The molecule has 10 heterocycles. The number of hydrogen-bond acceptors (Lipinski definition) is 3. The van der Waals surface area contributed by atoms with E-state index in [-0.39, 0.29) is 13.4 Å². The Labute approximate surface area is 395 Å². The molecule has 7 nitrogen and oxygen atoms in total. The molecule has 0 radical (unpaired) electrons.